The van der Waals surface area contributed by atoms with Gasteiger partial charge in [0, 0.05) is 49.3 Å². The van der Waals surface area contributed by atoms with Gasteiger partial charge in [0.1, 0.15) is 0 Å². The van der Waals surface area contributed by atoms with Crippen molar-refractivity contribution in [1.29, 1.82) is 0 Å². The number of hydrogen-bond acceptors (Lipinski definition) is 5. The van der Waals surface area contributed by atoms with Crippen LogP contribution in [0, 0.1) is 0 Å². The molecule has 9 heteroatoms. The second-order valence-electron chi connectivity index (χ2n) is 8.92. The van der Waals surface area contributed by atoms with E-state index in [9.17, 15) is 19.2 Å². The van der Waals surface area contributed by atoms with Crippen LogP contribution in [0.1, 0.15) is 29.8 Å². The molecule has 0 bridgehead atoms. The van der Waals surface area contributed by atoms with Crippen LogP contribution in [0.25, 0.3) is 0 Å². The molecule has 2 heterocycles. The first kappa shape index (κ1) is 24.8. The molecule has 0 spiro atoms. The highest BCUT2D eigenvalue weighted by Crippen LogP contribution is 2.30. The third-order valence-corrected chi connectivity index (χ3v) is 7.18. The Morgan fingerprint density at radius 3 is 2.29 bits per heavy atom. The molecule has 1 saturated heterocycles. The molecule has 2 aromatic rings. The van der Waals surface area contributed by atoms with Gasteiger partial charge in [-0.25, -0.2) is 0 Å². The number of benzene rings is 2. The molecule has 0 atom stereocenters. The number of rotatable bonds is 5. The van der Waals surface area contributed by atoms with Crippen LogP contribution < -0.4 is 10.2 Å². The van der Waals surface area contributed by atoms with Crippen molar-refractivity contribution in [2.24, 2.45) is 0 Å². The summed E-state index contributed by atoms with van der Waals surface area (Å²) >= 11 is 1.37. The number of carbonyl (C=O) groups excluding carboxylic acids is 4. The molecule has 0 unspecified atom stereocenters. The smallest absolute Gasteiger partial charge is 0.312 e. The van der Waals surface area contributed by atoms with Gasteiger partial charge in [0.15, 0.2) is 0 Å². The Balaban J connectivity index is 1.35. The van der Waals surface area contributed by atoms with Gasteiger partial charge in [-0.3, -0.25) is 19.2 Å². The SMILES string of the molecule is CC(C)NC(=O)C(=O)N1CCN(C(=O)c2ccccc2SCC(=O)N2CCc3ccccc32)CC1. The third-order valence-electron chi connectivity index (χ3n) is 6.12. The molecule has 1 fully saturated rings. The largest absolute Gasteiger partial charge is 0.346 e. The Bertz CT molecular complexity index is 1130. The van der Waals surface area contributed by atoms with E-state index >= 15 is 0 Å². The average molecular weight is 495 g/mol. The lowest BCUT2D eigenvalue weighted by Gasteiger charge is -2.34. The molecule has 4 rings (SSSR count). The summed E-state index contributed by atoms with van der Waals surface area (Å²) in [5, 5.41) is 2.61. The second kappa shape index (κ2) is 10.9. The average Bonchev–Trinajstić information content (AvgIpc) is 3.30. The normalized spacial score (nSPS) is 15.2. The number of amides is 4. The van der Waals surface area contributed by atoms with Crippen molar-refractivity contribution in [2.75, 3.05) is 43.4 Å². The molecule has 35 heavy (non-hydrogen) atoms. The van der Waals surface area contributed by atoms with Gasteiger partial charge in [0.05, 0.1) is 11.3 Å². The predicted octanol–water partition coefficient (Wildman–Crippen LogP) is 2.18. The summed E-state index contributed by atoms with van der Waals surface area (Å²) in [4.78, 5) is 56.3. The van der Waals surface area contributed by atoms with E-state index in [1.807, 2.05) is 47.4 Å². The Labute approximate surface area is 209 Å². The number of hydrogen-bond donors (Lipinski definition) is 1. The quantitative estimate of drug-likeness (QED) is 0.508. The lowest BCUT2D eigenvalue weighted by Crippen LogP contribution is -2.54. The molecule has 2 aliphatic rings. The molecule has 2 aromatic carbocycles. The zero-order chi connectivity index (χ0) is 24.9. The van der Waals surface area contributed by atoms with Crippen LogP contribution in [-0.2, 0) is 20.8 Å². The summed E-state index contributed by atoms with van der Waals surface area (Å²) in [7, 11) is 0. The summed E-state index contributed by atoms with van der Waals surface area (Å²) in [5.74, 6) is -1.05. The zero-order valence-electron chi connectivity index (χ0n) is 20.0. The van der Waals surface area contributed by atoms with Gasteiger partial charge in [0.25, 0.3) is 5.91 Å². The van der Waals surface area contributed by atoms with E-state index in [1.165, 1.54) is 22.2 Å². The Morgan fingerprint density at radius 2 is 1.54 bits per heavy atom. The number of nitrogens with zero attached hydrogens (tertiary/aromatic N) is 3. The number of anilines is 1. The van der Waals surface area contributed by atoms with Crippen molar-refractivity contribution in [1.82, 2.24) is 15.1 Å². The minimum Gasteiger partial charge on any atom is -0.346 e. The maximum absolute atomic E-state index is 13.3. The molecular formula is C26H30N4O4S. The van der Waals surface area contributed by atoms with Crippen molar-refractivity contribution in [3.63, 3.8) is 0 Å². The Kier molecular flexibility index (Phi) is 7.75. The van der Waals surface area contributed by atoms with Gasteiger partial charge in [0.2, 0.25) is 5.91 Å². The number of para-hydroxylation sites is 1. The van der Waals surface area contributed by atoms with Crippen molar-refractivity contribution < 1.29 is 19.2 Å². The molecule has 8 nitrogen and oxygen atoms in total. The first-order valence-electron chi connectivity index (χ1n) is 11.8. The van der Waals surface area contributed by atoms with E-state index in [1.54, 1.807) is 24.8 Å². The maximum atomic E-state index is 13.3. The van der Waals surface area contributed by atoms with Crippen LogP contribution in [-0.4, -0.2) is 77.9 Å². The highest BCUT2D eigenvalue weighted by Gasteiger charge is 2.30. The fourth-order valence-electron chi connectivity index (χ4n) is 4.33. The number of carbonyl (C=O) groups is 4. The van der Waals surface area contributed by atoms with Crippen molar-refractivity contribution in [3.8, 4) is 0 Å². The van der Waals surface area contributed by atoms with Crippen LogP contribution in [0.5, 0.6) is 0 Å². The lowest BCUT2D eigenvalue weighted by molar-refractivity contribution is -0.147. The molecule has 184 valence electrons. The third kappa shape index (κ3) is 5.67. The number of fused-ring (bicyclic) bond motifs is 1. The topological polar surface area (TPSA) is 90.0 Å². The van der Waals surface area contributed by atoms with E-state index in [0.717, 1.165) is 17.0 Å². The monoisotopic (exact) mass is 494 g/mol. The molecule has 0 radical (unpaired) electrons. The summed E-state index contributed by atoms with van der Waals surface area (Å²) in [5.41, 5.74) is 2.70. The fraction of sp³-hybridized carbons (Fsp3) is 0.385. The molecule has 0 aromatic heterocycles. The number of nitrogens with one attached hydrogen (secondary N) is 1. The van der Waals surface area contributed by atoms with E-state index in [4.69, 9.17) is 0 Å². The van der Waals surface area contributed by atoms with E-state index in [2.05, 4.69) is 5.32 Å². The number of thioether (sulfide) groups is 1. The zero-order valence-corrected chi connectivity index (χ0v) is 20.8. The first-order chi connectivity index (χ1) is 16.8. The van der Waals surface area contributed by atoms with Gasteiger partial charge in [-0.1, -0.05) is 30.3 Å². The minimum absolute atomic E-state index is 0.0222. The van der Waals surface area contributed by atoms with Gasteiger partial charge < -0.3 is 20.0 Å². The molecule has 0 saturated carbocycles. The van der Waals surface area contributed by atoms with Crippen molar-refractivity contribution >= 4 is 41.1 Å². The Hall–Kier alpha value is -3.33. The molecule has 2 aliphatic heterocycles. The van der Waals surface area contributed by atoms with Crippen LogP contribution in [0.4, 0.5) is 5.69 Å². The minimum atomic E-state index is -0.619. The summed E-state index contributed by atoms with van der Waals surface area (Å²) in [6, 6.07) is 15.1. The van der Waals surface area contributed by atoms with E-state index in [-0.39, 0.29) is 23.6 Å². The van der Waals surface area contributed by atoms with Gasteiger partial charge in [-0.2, -0.15) is 0 Å². The van der Waals surface area contributed by atoms with Crippen LogP contribution in [0.15, 0.2) is 53.4 Å². The predicted molar refractivity (Wildman–Crippen MR) is 135 cm³/mol. The van der Waals surface area contributed by atoms with Crippen LogP contribution in [0.3, 0.4) is 0 Å². The highest BCUT2D eigenvalue weighted by atomic mass is 32.2. The summed E-state index contributed by atoms with van der Waals surface area (Å²) in [6.45, 7) is 5.59. The number of piperazine rings is 1. The maximum Gasteiger partial charge on any atom is 0.312 e. The molecule has 1 N–H and O–H groups in total. The standard InChI is InChI=1S/C26H30N4O4S/c1-18(2)27-24(32)26(34)29-15-13-28(14-16-29)25(33)20-8-4-6-10-22(20)35-17-23(31)30-12-11-19-7-3-5-9-21(19)30/h3-10,18H,11-17H2,1-2H3,(H,27,32). The van der Waals surface area contributed by atoms with Gasteiger partial charge in [-0.15, -0.1) is 11.8 Å². The van der Waals surface area contributed by atoms with Crippen LogP contribution >= 0.6 is 11.8 Å². The van der Waals surface area contributed by atoms with Gasteiger partial charge >= 0.3 is 11.8 Å². The fourth-order valence-corrected chi connectivity index (χ4v) is 5.25. The van der Waals surface area contributed by atoms with Crippen LogP contribution in [0.2, 0.25) is 0 Å². The molecular weight excluding hydrogens is 464 g/mol. The van der Waals surface area contributed by atoms with Gasteiger partial charge in [-0.05, 0) is 44.0 Å². The lowest BCUT2D eigenvalue weighted by atomic mass is 10.1. The molecule has 4 amide bonds. The summed E-state index contributed by atoms with van der Waals surface area (Å²) in [6.07, 6.45) is 0.856. The molecule has 0 aliphatic carbocycles. The Morgan fingerprint density at radius 1 is 0.886 bits per heavy atom. The highest BCUT2D eigenvalue weighted by molar-refractivity contribution is 8.00. The van der Waals surface area contributed by atoms with Crippen molar-refractivity contribution in [3.05, 3.63) is 59.7 Å². The summed E-state index contributed by atoms with van der Waals surface area (Å²) < 4.78 is 0. The first-order valence-corrected chi connectivity index (χ1v) is 12.8. The second-order valence-corrected chi connectivity index (χ2v) is 9.94. The van der Waals surface area contributed by atoms with Crippen molar-refractivity contribution in [2.45, 2.75) is 31.2 Å². The van der Waals surface area contributed by atoms with E-state index in [0.29, 0.717) is 38.3 Å². The van der Waals surface area contributed by atoms with E-state index < -0.39 is 11.8 Å².